The van der Waals surface area contributed by atoms with E-state index in [1.54, 1.807) is 0 Å². The summed E-state index contributed by atoms with van der Waals surface area (Å²) in [6.45, 7) is 5.21. The van der Waals surface area contributed by atoms with E-state index >= 15 is 0 Å². The Morgan fingerprint density at radius 3 is 2.83 bits per heavy atom. The molecule has 0 amide bonds. The van der Waals surface area contributed by atoms with E-state index in [0.29, 0.717) is 23.7 Å². The largest absolute Gasteiger partial charge is 0.377 e. The minimum Gasteiger partial charge on any atom is -0.377 e. The molecule has 24 heavy (non-hydrogen) atoms. The van der Waals surface area contributed by atoms with E-state index in [9.17, 15) is 10.1 Å². The highest BCUT2D eigenvalue weighted by molar-refractivity contribution is 5.58. The number of hydrogen-bond donors (Lipinski definition) is 1. The second kappa shape index (κ2) is 5.27. The zero-order valence-corrected chi connectivity index (χ0v) is 14.2. The third-order valence-corrected chi connectivity index (χ3v) is 5.64. The fourth-order valence-corrected chi connectivity index (χ4v) is 4.41. The summed E-state index contributed by atoms with van der Waals surface area (Å²) in [5, 5.41) is 14.4. The lowest BCUT2D eigenvalue weighted by atomic mass is 9.57. The monoisotopic (exact) mass is 333 g/mol. The summed E-state index contributed by atoms with van der Waals surface area (Å²) >= 11 is 0. The van der Waals surface area contributed by atoms with Crippen LogP contribution in [0.15, 0.2) is 6.20 Å². The molecule has 1 N–H and O–H groups in total. The molecule has 1 aromatic heterocycles. The molecule has 2 saturated carbocycles. The molecule has 0 spiro atoms. The number of anilines is 2. The van der Waals surface area contributed by atoms with Gasteiger partial charge >= 0.3 is 5.69 Å². The van der Waals surface area contributed by atoms with Gasteiger partial charge in [-0.1, -0.05) is 13.8 Å². The summed E-state index contributed by atoms with van der Waals surface area (Å²) in [5.41, 5.74) is -0.0421. The summed E-state index contributed by atoms with van der Waals surface area (Å²) in [7, 11) is 1.98. The highest BCUT2D eigenvalue weighted by atomic mass is 16.6. The van der Waals surface area contributed by atoms with Gasteiger partial charge < -0.3 is 15.0 Å². The number of nitro groups is 1. The Hall–Kier alpha value is -1.96. The van der Waals surface area contributed by atoms with Crippen LogP contribution in [0.2, 0.25) is 0 Å². The molecule has 2 aliphatic carbocycles. The van der Waals surface area contributed by atoms with Gasteiger partial charge in [-0.2, -0.15) is 4.98 Å². The molecule has 3 fully saturated rings. The smallest absolute Gasteiger partial charge is 0.329 e. The van der Waals surface area contributed by atoms with E-state index in [1.807, 2.05) is 7.05 Å². The number of fused-ring (bicyclic) bond motifs is 1. The molecule has 8 nitrogen and oxygen atoms in total. The van der Waals surface area contributed by atoms with Crippen LogP contribution in [0.3, 0.4) is 0 Å². The van der Waals surface area contributed by atoms with Crippen molar-refractivity contribution in [3.05, 3.63) is 16.3 Å². The average molecular weight is 333 g/mol. The maximum absolute atomic E-state index is 11.2. The fourth-order valence-electron chi connectivity index (χ4n) is 4.41. The number of aromatic nitrogens is 2. The van der Waals surface area contributed by atoms with Gasteiger partial charge in [0.15, 0.2) is 0 Å². The zero-order chi connectivity index (χ0) is 17.1. The lowest BCUT2D eigenvalue weighted by Gasteiger charge is -2.57. The summed E-state index contributed by atoms with van der Waals surface area (Å²) in [4.78, 5) is 21.6. The molecule has 4 rings (SSSR count). The Kier molecular flexibility index (Phi) is 3.42. The van der Waals surface area contributed by atoms with E-state index in [2.05, 4.69) is 34.0 Å². The topological polar surface area (TPSA) is 93.4 Å². The Labute approximate surface area is 140 Å². The van der Waals surface area contributed by atoms with Crippen LogP contribution in [0.5, 0.6) is 0 Å². The third-order valence-electron chi connectivity index (χ3n) is 5.64. The van der Waals surface area contributed by atoms with E-state index in [1.165, 1.54) is 6.20 Å². The van der Waals surface area contributed by atoms with Crippen molar-refractivity contribution < 1.29 is 9.66 Å². The summed E-state index contributed by atoms with van der Waals surface area (Å²) in [5.74, 6) is 1.34. The van der Waals surface area contributed by atoms with Crippen molar-refractivity contribution in [3.8, 4) is 0 Å². The SMILES string of the molecule is CN(c1ncc([N+](=O)[O-])c(NC2CC2)n1)C1C2CCOC2C1(C)C. The van der Waals surface area contributed by atoms with Gasteiger partial charge in [-0.25, -0.2) is 4.98 Å². The van der Waals surface area contributed by atoms with Gasteiger partial charge in [-0.05, 0) is 19.3 Å². The first-order chi connectivity index (χ1) is 11.4. The molecule has 8 heteroatoms. The maximum atomic E-state index is 11.2. The number of nitrogens with one attached hydrogen (secondary N) is 1. The first kappa shape index (κ1) is 15.6. The normalized spacial score (nSPS) is 30.4. The van der Waals surface area contributed by atoms with Crippen LogP contribution < -0.4 is 10.2 Å². The van der Waals surface area contributed by atoms with Gasteiger partial charge in [0.25, 0.3) is 0 Å². The van der Waals surface area contributed by atoms with Crippen LogP contribution in [-0.4, -0.2) is 46.7 Å². The Balaban J connectivity index is 1.62. The van der Waals surface area contributed by atoms with Crippen molar-refractivity contribution in [2.24, 2.45) is 11.3 Å². The van der Waals surface area contributed by atoms with Crippen molar-refractivity contribution in [2.75, 3.05) is 23.9 Å². The minimum atomic E-state index is -0.428. The average Bonchev–Trinajstić information content (AvgIpc) is 3.22. The highest BCUT2D eigenvalue weighted by Gasteiger charge is 2.61. The van der Waals surface area contributed by atoms with Gasteiger partial charge in [0.05, 0.1) is 11.0 Å². The standard InChI is InChI=1S/C16H23N5O3/c1-16(2)12(10-6-7-24-13(10)16)20(3)15-17-8-11(21(22)23)14(19-15)18-9-4-5-9/h8-10,12-13H,4-7H2,1-3H3,(H,17,18,19). The number of rotatable bonds is 5. The van der Waals surface area contributed by atoms with Crippen molar-refractivity contribution >= 4 is 17.5 Å². The lowest BCUT2D eigenvalue weighted by molar-refractivity contribution is -0.384. The Morgan fingerprint density at radius 2 is 2.17 bits per heavy atom. The van der Waals surface area contributed by atoms with Gasteiger partial charge in [-0.3, -0.25) is 10.1 Å². The van der Waals surface area contributed by atoms with Crippen molar-refractivity contribution in [2.45, 2.75) is 51.3 Å². The molecule has 0 aromatic carbocycles. The van der Waals surface area contributed by atoms with Crippen LogP contribution in [0.1, 0.15) is 33.1 Å². The summed E-state index contributed by atoms with van der Waals surface area (Å²) in [6, 6.07) is 0.574. The van der Waals surface area contributed by atoms with Gasteiger partial charge in [0.2, 0.25) is 11.8 Å². The van der Waals surface area contributed by atoms with Gasteiger partial charge in [0, 0.05) is 37.1 Å². The predicted octanol–water partition coefficient (Wildman–Crippen LogP) is 2.21. The second-order valence-electron chi connectivity index (χ2n) is 7.70. The highest BCUT2D eigenvalue weighted by Crippen LogP contribution is 2.54. The van der Waals surface area contributed by atoms with E-state index in [0.717, 1.165) is 25.9 Å². The number of nitrogens with zero attached hydrogens (tertiary/aromatic N) is 4. The molecule has 1 aliphatic heterocycles. The van der Waals surface area contributed by atoms with E-state index in [-0.39, 0.29) is 23.2 Å². The van der Waals surface area contributed by atoms with Crippen LogP contribution in [-0.2, 0) is 4.74 Å². The minimum absolute atomic E-state index is 0.0190. The molecule has 3 atom stereocenters. The zero-order valence-electron chi connectivity index (χ0n) is 14.2. The first-order valence-corrected chi connectivity index (χ1v) is 8.52. The molecule has 0 radical (unpaired) electrons. The first-order valence-electron chi connectivity index (χ1n) is 8.52. The van der Waals surface area contributed by atoms with Gasteiger partial charge in [0.1, 0.15) is 6.20 Å². The van der Waals surface area contributed by atoms with E-state index in [4.69, 9.17) is 4.74 Å². The van der Waals surface area contributed by atoms with E-state index < -0.39 is 4.92 Å². The van der Waals surface area contributed by atoms with Crippen LogP contribution >= 0.6 is 0 Å². The molecule has 3 aliphatic rings. The Bertz CT molecular complexity index is 676. The maximum Gasteiger partial charge on any atom is 0.329 e. The predicted molar refractivity (Wildman–Crippen MR) is 89.2 cm³/mol. The Morgan fingerprint density at radius 1 is 1.42 bits per heavy atom. The lowest BCUT2D eigenvalue weighted by Crippen LogP contribution is -2.66. The van der Waals surface area contributed by atoms with Crippen molar-refractivity contribution in [1.29, 1.82) is 0 Å². The summed E-state index contributed by atoms with van der Waals surface area (Å²) < 4.78 is 5.85. The fraction of sp³-hybridized carbons (Fsp3) is 0.750. The molecule has 3 unspecified atom stereocenters. The third kappa shape index (κ3) is 2.31. The quantitative estimate of drug-likeness (QED) is 0.652. The van der Waals surface area contributed by atoms with Gasteiger partial charge in [-0.15, -0.1) is 0 Å². The molecule has 2 heterocycles. The molecule has 1 aromatic rings. The van der Waals surface area contributed by atoms with Crippen LogP contribution in [0, 0.1) is 21.4 Å². The van der Waals surface area contributed by atoms with Crippen LogP contribution in [0.25, 0.3) is 0 Å². The molecular formula is C16H23N5O3. The molecular weight excluding hydrogens is 310 g/mol. The van der Waals surface area contributed by atoms with Crippen molar-refractivity contribution in [1.82, 2.24) is 9.97 Å². The number of ether oxygens (including phenoxy) is 1. The molecule has 0 bridgehead atoms. The summed E-state index contributed by atoms with van der Waals surface area (Å²) in [6.07, 6.45) is 4.71. The van der Waals surface area contributed by atoms with Crippen molar-refractivity contribution in [3.63, 3.8) is 0 Å². The second-order valence-corrected chi connectivity index (χ2v) is 7.70. The number of hydrogen-bond acceptors (Lipinski definition) is 7. The van der Waals surface area contributed by atoms with Crippen LogP contribution in [0.4, 0.5) is 17.5 Å². The molecule has 1 saturated heterocycles. The molecule has 130 valence electrons.